The normalized spacial score (nSPS) is 10.7. The molecule has 2 rings (SSSR count). The van der Waals surface area contributed by atoms with Crippen molar-refractivity contribution < 1.29 is 0 Å². The largest absolute Gasteiger partial charge is 0.304 e. The van der Waals surface area contributed by atoms with E-state index < -0.39 is 0 Å². The average Bonchev–Trinajstić information content (AvgIpc) is 2.69. The van der Waals surface area contributed by atoms with E-state index in [9.17, 15) is 4.79 Å². The summed E-state index contributed by atoms with van der Waals surface area (Å²) in [4.78, 5) is 18.8. The first kappa shape index (κ1) is 11.3. The number of hydrogen-bond acceptors (Lipinski definition) is 3. The van der Waals surface area contributed by atoms with E-state index in [4.69, 9.17) is 0 Å². The van der Waals surface area contributed by atoms with E-state index in [1.54, 1.807) is 4.68 Å². The molecule has 0 aromatic carbocycles. The molecular weight excluding hydrogens is 319 g/mol. The number of aromatic nitrogens is 4. The van der Waals surface area contributed by atoms with Crippen molar-refractivity contribution in [3.05, 3.63) is 31.9 Å². The first-order valence-electron chi connectivity index (χ1n) is 4.90. The van der Waals surface area contributed by atoms with Gasteiger partial charge in [0.15, 0.2) is 5.82 Å². The van der Waals surface area contributed by atoms with Crippen LogP contribution in [0.2, 0.25) is 0 Å². The topological polar surface area (TPSA) is 63.6 Å². The van der Waals surface area contributed by atoms with Crippen molar-refractivity contribution >= 4 is 22.6 Å². The molecule has 0 amide bonds. The molecule has 0 atom stereocenters. The Bertz CT molecular complexity index is 572. The zero-order valence-electron chi connectivity index (χ0n) is 8.99. The van der Waals surface area contributed by atoms with E-state index in [-0.39, 0.29) is 5.56 Å². The lowest BCUT2D eigenvalue weighted by Crippen LogP contribution is -2.16. The molecule has 0 aliphatic rings. The highest BCUT2D eigenvalue weighted by atomic mass is 127. The minimum Gasteiger partial charge on any atom is -0.304 e. The van der Waals surface area contributed by atoms with Gasteiger partial charge in [-0.05, 0) is 35.1 Å². The van der Waals surface area contributed by atoms with Crippen LogP contribution in [-0.2, 0) is 13.5 Å². The van der Waals surface area contributed by atoms with Gasteiger partial charge in [-0.25, -0.2) is 4.98 Å². The summed E-state index contributed by atoms with van der Waals surface area (Å²) in [5, 5.41) is 4.21. The van der Waals surface area contributed by atoms with Crippen LogP contribution >= 0.6 is 22.6 Å². The van der Waals surface area contributed by atoms with Crippen LogP contribution in [-0.4, -0.2) is 19.7 Å². The summed E-state index contributed by atoms with van der Waals surface area (Å²) >= 11 is 2.01. The summed E-state index contributed by atoms with van der Waals surface area (Å²) in [6.45, 7) is 1.98. The Labute approximate surface area is 106 Å². The van der Waals surface area contributed by atoms with Crippen LogP contribution in [0.5, 0.6) is 0 Å². The molecule has 0 saturated heterocycles. The highest BCUT2D eigenvalue weighted by molar-refractivity contribution is 14.1. The number of aryl methyl sites for hydroxylation is 2. The molecule has 1 N–H and O–H groups in total. The maximum atomic E-state index is 11.7. The van der Waals surface area contributed by atoms with Gasteiger partial charge in [0.25, 0.3) is 5.56 Å². The monoisotopic (exact) mass is 330 g/mol. The summed E-state index contributed by atoms with van der Waals surface area (Å²) in [7, 11) is 1.83. The van der Waals surface area contributed by atoms with Crippen LogP contribution in [0.4, 0.5) is 0 Å². The molecule has 0 bridgehead atoms. The number of hydrogen-bond donors (Lipinski definition) is 1. The molecule has 0 fully saturated rings. The molecule has 2 heterocycles. The number of H-pyrrole nitrogens is 1. The smallest absolute Gasteiger partial charge is 0.264 e. The van der Waals surface area contributed by atoms with Crippen molar-refractivity contribution in [3.63, 3.8) is 0 Å². The van der Waals surface area contributed by atoms with Gasteiger partial charge in [-0.1, -0.05) is 6.92 Å². The minimum absolute atomic E-state index is 0.104. The summed E-state index contributed by atoms with van der Waals surface area (Å²) in [6.07, 6.45) is 2.56. The maximum Gasteiger partial charge on any atom is 0.264 e. The van der Waals surface area contributed by atoms with E-state index in [0.717, 1.165) is 12.1 Å². The Morgan fingerprint density at radius 1 is 1.56 bits per heavy atom. The summed E-state index contributed by atoms with van der Waals surface area (Å²) in [5.74, 6) is 0.530. The maximum absolute atomic E-state index is 11.7. The van der Waals surface area contributed by atoms with Crippen LogP contribution < -0.4 is 5.56 Å². The third-order valence-electron chi connectivity index (χ3n) is 2.22. The van der Waals surface area contributed by atoms with Crippen molar-refractivity contribution in [2.45, 2.75) is 13.3 Å². The molecule has 5 nitrogen and oxygen atoms in total. The van der Waals surface area contributed by atoms with Gasteiger partial charge in [-0.3, -0.25) is 9.48 Å². The first-order chi connectivity index (χ1) is 7.61. The summed E-state index contributed by atoms with van der Waals surface area (Å²) in [6, 6.07) is 1.82. The fraction of sp³-hybridized carbons (Fsp3) is 0.300. The van der Waals surface area contributed by atoms with Gasteiger partial charge in [0.2, 0.25) is 0 Å². The molecule has 0 aliphatic heterocycles. The van der Waals surface area contributed by atoms with Crippen LogP contribution in [0.25, 0.3) is 11.5 Å². The van der Waals surface area contributed by atoms with Crippen molar-refractivity contribution in [2.24, 2.45) is 7.05 Å². The summed E-state index contributed by atoms with van der Waals surface area (Å²) in [5.41, 5.74) is 1.39. The molecule has 0 radical (unpaired) electrons. The molecule has 2 aromatic heterocycles. The molecule has 6 heteroatoms. The first-order valence-corrected chi connectivity index (χ1v) is 5.98. The zero-order valence-corrected chi connectivity index (χ0v) is 11.1. The molecular formula is C10H11IN4O. The number of nitrogens with one attached hydrogen (secondary N) is 1. The van der Waals surface area contributed by atoms with E-state index in [1.165, 1.54) is 0 Å². The second-order valence-corrected chi connectivity index (χ2v) is 4.48. The van der Waals surface area contributed by atoms with Gasteiger partial charge in [-0.15, -0.1) is 0 Å². The van der Waals surface area contributed by atoms with Gasteiger partial charge in [0.05, 0.1) is 9.26 Å². The van der Waals surface area contributed by atoms with Crippen molar-refractivity contribution in [2.75, 3.05) is 0 Å². The number of aromatic amines is 1. The Kier molecular flexibility index (Phi) is 3.08. The standard InChI is InChI=1S/C10H11IN4O/c1-3-6-8(11)10(16)13-9(12-6)7-4-5-15(2)14-7/h4-5H,3H2,1-2H3,(H,12,13,16). The van der Waals surface area contributed by atoms with Crippen molar-refractivity contribution in [1.29, 1.82) is 0 Å². The summed E-state index contributed by atoms with van der Waals surface area (Å²) < 4.78 is 2.33. The lowest BCUT2D eigenvalue weighted by atomic mass is 10.3. The number of rotatable bonds is 2. The van der Waals surface area contributed by atoms with E-state index in [0.29, 0.717) is 15.1 Å². The SMILES string of the molecule is CCc1nc(-c2ccn(C)n2)[nH]c(=O)c1I. The third-order valence-corrected chi connectivity index (χ3v) is 3.34. The van der Waals surface area contributed by atoms with Gasteiger partial charge in [-0.2, -0.15) is 5.10 Å². The molecule has 16 heavy (non-hydrogen) atoms. The highest BCUT2D eigenvalue weighted by Gasteiger charge is 2.10. The lowest BCUT2D eigenvalue weighted by Gasteiger charge is -2.02. The Balaban J connectivity index is 2.59. The third kappa shape index (κ3) is 2.01. The number of nitrogens with zero attached hydrogens (tertiary/aromatic N) is 3. The lowest BCUT2D eigenvalue weighted by molar-refractivity contribution is 0.767. The van der Waals surface area contributed by atoms with Gasteiger partial charge in [0.1, 0.15) is 5.69 Å². The Hall–Kier alpha value is -1.18. The zero-order chi connectivity index (χ0) is 11.7. The van der Waals surface area contributed by atoms with Crippen LogP contribution in [0.15, 0.2) is 17.1 Å². The average molecular weight is 330 g/mol. The molecule has 0 saturated carbocycles. The van der Waals surface area contributed by atoms with Gasteiger partial charge < -0.3 is 4.98 Å². The Morgan fingerprint density at radius 3 is 2.88 bits per heavy atom. The predicted molar refractivity (Wildman–Crippen MR) is 69.2 cm³/mol. The quantitative estimate of drug-likeness (QED) is 0.845. The molecule has 2 aromatic rings. The van der Waals surface area contributed by atoms with E-state index >= 15 is 0 Å². The second-order valence-electron chi connectivity index (χ2n) is 3.40. The van der Waals surface area contributed by atoms with E-state index in [1.807, 2.05) is 48.8 Å². The van der Waals surface area contributed by atoms with Crippen LogP contribution in [0, 0.1) is 3.57 Å². The van der Waals surface area contributed by atoms with Gasteiger partial charge in [0, 0.05) is 13.2 Å². The minimum atomic E-state index is -0.104. The van der Waals surface area contributed by atoms with Crippen LogP contribution in [0.1, 0.15) is 12.6 Å². The van der Waals surface area contributed by atoms with Crippen molar-refractivity contribution in [1.82, 2.24) is 19.7 Å². The molecule has 0 aliphatic carbocycles. The molecule has 84 valence electrons. The fourth-order valence-corrected chi connectivity index (χ4v) is 2.04. The predicted octanol–water partition coefficient (Wildman–Crippen LogP) is 1.34. The fourth-order valence-electron chi connectivity index (χ4n) is 1.40. The number of halogens is 1. The Morgan fingerprint density at radius 2 is 2.31 bits per heavy atom. The van der Waals surface area contributed by atoms with Crippen LogP contribution in [0.3, 0.4) is 0 Å². The highest BCUT2D eigenvalue weighted by Crippen LogP contribution is 2.13. The van der Waals surface area contributed by atoms with Gasteiger partial charge >= 0.3 is 0 Å². The second kappa shape index (κ2) is 4.36. The molecule has 0 unspecified atom stereocenters. The molecule has 0 spiro atoms. The van der Waals surface area contributed by atoms with E-state index in [2.05, 4.69) is 15.1 Å². The van der Waals surface area contributed by atoms with Crippen molar-refractivity contribution in [3.8, 4) is 11.5 Å².